The second-order valence-corrected chi connectivity index (χ2v) is 5.48. The lowest BCUT2D eigenvalue weighted by Crippen LogP contribution is -2.13. The van der Waals surface area contributed by atoms with E-state index in [2.05, 4.69) is 9.71 Å². The third-order valence-corrected chi connectivity index (χ3v) is 3.67. The van der Waals surface area contributed by atoms with E-state index in [1.165, 1.54) is 0 Å². The fourth-order valence-electron chi connectivity index (χ4n) is 1.67. The number of para-hydroxylation sites is 3. The fourth-order valence-corrected chi connectivity index (χ4v) is 2.62. The largest absolute Gasteiger partial charge is 0.427 e. The first kappa shape index (κ1) is 11.7. The van der Waals surface area contributed by atoms with Crippen LogP contribution in [0.1, 0.15) is 0 Å². The summed E-state index contributed by atoms with van der Waals surface area (Å²) in [5, 5.41) is -0.336. The Morgan fingerprint density at radius 2 is 1.63 bits per heavy atom. The van der Waals surface area contributed by atoms with E-state index in [0.29, 0.717) is 16.8 Å². The van der Waals surface area contributed by atoms with Crippen LogP contribution >= 0.6 is 0 Å². The van der Waals surface area contributed by atoms with Crippen molar-refractivity contribution in [3.63, 3.8) is 0 Å². The van der Waals surface area contributed by atoms with Gasteiger partial charge in [-0.05, 0) is 24.3 Å². The summed E-state index contributed by atoms with van der Waals surface area (Å²) in [6.07, 6.45) is 0. The van der Waals surface area contributed by atoms with Crippen molar-refractivity contribution in [2.45, 2.75) is 5.22 Å². The van der Waals surface area contributed by atoms with Gasteiger partial charge in [0.2, 0.25) is 0 Å². The van der Waals surface area contributed by atoms with E-state index in [0.717, 1.165) is 0 Å². The monoisotopic (exact) mass is 274 g/mol. The number of hydrogen-bond donors (Lipinski definition) is 1. The summed E-state index contributed by atoms with van der Waals surface area (Å²) in [5.41, 5.74) is 1.41. The van der Waals surface area contributed by atoms with Crippen LogP contribution in [-0.4, -0.2) is 13.4 Å². The third-order valence-electron chi connectivity index (χ3n) is 2.53. The number of oxazole rings is 1. The molecule has 0 amide bonds. The zero-order valence-electron chi connectivity index (χ0n) is 9.78. The van der Waals surface area contributed by atoms with Crippen LogP contribution in [0.3, 0.4) is 0 Å². The van der Waals surface area contributed by atoms with Gasteiger partial charge in [0.05, 0.1) is 0 Å². The molecule has 0 bridgehead atoms. The molecule has 0 aliphatic heterocycles. The Balaban J connectivity index is 2.00. The number of nitrogens with one attached hydrogen (secondary N) is 1. The summed E-state index contributed by atoms with van der Waals surface area (Å²) >= 11 is 0. The molecule has 3 aromatic rings. The van der Waals surface area contributed by atoms with Crippen LogP contribution in [0.15, 0.2) is 64.2 Å². The van der Waals surface area contributed by atoms with Crippen molar-refractivity contribution in [1.29, 1.82) is 0 Å². The van der Waals surface area contributed by atoms with Crippen molar-refractivity contribution in [2.75, 3.05) is 4.72 Å². The van der Waals surface area contributed by atoms with Crippen molar-refractivity contribution in [3.8, 4) is 0 Å². The molecule has 2 aromatic carbocycles. The fraction of sp³-hybridized carbons (Fsp3) is 0. The van der Waals surface area contributed by atoms with E-state index < -0.39 is 10.0 Å². The van der Waals surface area contributed by atoms with Gasteiger partial charge in [-0.1, -0.05) is 30.3 Å². The molecule has 0 unspecified atom stereocenters. The lowest BCUT2D eigenvalue weighted by Gasteiger charge is -2.03. The number of nitrogens with zero attached hydrogens (tertiary/aromatic N) is 1. The zero-order chi connectivity index (χ0) is 13.3. The van der Waals surface area contributed by atoms with Gasteiger partial charge in [0.25, 0.3) is 0 Å². The molecule has 96 valence electrons. The van der Waals surface area contributed by atoms with Crippen LogP contribution in [0.25, 0.3) is 11.1 Å². The molecule has 0 fully saturated rings. The van der Waals surface area contributed by atoms with E-state index in [-0.39, 0.29) is 5.22 Å². The molecule has 0 spiro atoms. The number of benzene rings is 2. The molecular formula is C13H10N2O3S. The van der Waals surface area contributed by atoms with Crippen LogP contribution < -0.4 is 4.72 Å². The topological polar surface area (TPSA) is 72.2 Å². The van der Waals surface area contributed by atoms with Gasteiger partial charge in [-0.3, -0.25) is 4.72 Å². The number of aromatic nitrogens is 1. The molecule has 19 heavy (non-hydrogen) atoms. The first-order chi connectivity index (χ1) is 9.15. The molecule has 0 saturated heterocycles. The molecule has 3 rings (SSSR count). The predicted octanol–water partition coefficient (Wildman–Crippen LogP) is 2.63. The summed E-state index contributed by atoms with van der Waals surface area (Å²) in [7, 11) is -3.80. The highest BCUT2D eigenvalue weighted by atomic mass is 32.2. The molecule has 1 aromatic heterocycles. The average Bonchev–Trinajstić information content (AvgIpc) is 2.84. The van der Waals surface area contributed by atoms with Gasteiger partial charge in [-0.25, -0.2) is 0 Å². The van der Waals surface area contributed by atoms with Gasteiger partial charge >= 0.3 is 15.2 Å². The van der Waals surface area contributed by atoms with Gasteiger partial charge in [0.1, 0.15) is 5.52 Å². The summed E-state index contributed by atoms with van der Waals surface area (Å²) in [6.45, 7) is 0. The number of rotatable bonds is 3. The predicted molar refractivity (Wildman–Crippen MR) is 71.3 cm³/mol. The Hall–Kier alpha value is -2.34. The minimum atomic E-state index is -3.80. The molecule has 1 heterocycles. The van der Waals surface area contributed by atoms with Gasteiger partial charge in [-0.15, -0.1) is 0 Å². The molecule has 5 nitrogen and oxygen atoms in total. The van der Waals surface area contributed by atoms with E-state index in [4.69, 9.17) is 4.42 Å². The summed E-state index contributed by atoms with van der Waals surface area (Å²) in [5.74, 6) is 0. The van der Waals surface area contributed by atoms with Gasteiger partial charge in [-0.2, -0.15) is 13.4 Å². The van der Waals surface area contributed by atoms with Gasteiger partial charge < -0.3 is 4.42 Å². The molecule has 0 saturated carbocycles. The molecular weight excluding hydrogens is 264 g/mol. The van der Waals surface area contributed by atoms with Crippen LogP contribution in [0.4, 0.5) is 5.69 Å². The van der Waals surface area contributed by atoms with E-state index in [1.54, 1.807) is 54.6 Å². The normalized spacial score (nSPS) is 11.6. The Labute approximate surface area is 109 Å². The average molecular weight is 274 g/mol. The minimum Gasteiger partial charge on any atom is -0.427 e. The van der Waals surface area contributed by atoms with Crippen LogP contribution in [0, 0.1) is 0 Å². The SMILES string of the molecule is O=S(=O)(Nc1ccccc1)c1nc2ccccc2o1. The molecule has 0 aliphatic carbocycles. The third kappa shape index (κ3) is 2.30. The molecule has 1 N–H and O–H groups in total. The molecule has 0 atom stereocenters. The highest BCUT2D eigenvalue weighted by molar-refractivity contribution is 7.92. The van der Waals surface area contributed by atoms with Crippen molar-refractivity contribution in [3.05, 3.63) is 54.6 Å². The van der Waals surface area contributed by atoms with Crippen molar-refractivity contribution >= 4 is 26.8 Å². The lowest BCUT2D eigenvalue weighted by atomic mass is 10.3. The van der Waals surface area contributed by atoms with Crippen LogP contribution in [0.5, 0.6) is 0 Å². The maximum Gasteiger partial charge on any atom is 0.337 e. The van der Waals surface area contributed by atoms with E-state index >= 15 is 0 Å². The highest BCUT2D eigenvalue weighted by Crippen LogP contribution is 2.20. The number of anilines is 1. The Morgan fingerprint density at radius 3 is 2.37 bits per heavy atom. The molecule has 6 heteroatoms. The summed E-state index contributed by atoms with van der Waals surface area (Å²) < 4.78 is 31.9. The zero-order valence-corrected chi connectivity index (χ0v) is 10.6. The minimum absolute atomic E-state index is 0.336. The Kier molecular flexibility index (Phi) is 2.72. The van der Waals surface area contributed by atoms with Crippen molar-refractivity contribution < 1.29 is 12.8 Å². The van der Waals surface area contributed by atoms with Gasteiger partial charge in [0.15, 0.2) is 5.58 Å². The smallest absolute Gasteiger partial charge is 0.337 e. The van der Waals surface area contributed by atoms with Crippen LogP contribution in [-0.2, 0) is 10.0 Å². The second kappa shape index (κ2) is 4.40. The van der Waals surface area contributed by atoms with Crippen molar-refractivity contribution in [2.24, 2.45) is 0 Å². The summed E-state index contributed by atoms with van der Waals surface area (Å²) in [4.78, 5) is 3.96. The molecule has 0 aliphatic rings. The standard InChI is InChI=1S/C13H10N2O3S/c16-19(17,15-10-6-2-1-3-7-10)13-14-11-8-4-5-9-12(11)18-13/h1-9,15H. The number of sulfonamides is 1. The Bertz CT molecular complexity index is 777. The quantitative estimate of drug-likeness (QED) is 0.797. The lowest BCUT2D eigenvalue weighted by molar-refractivity contribution is 0.460. The first-order valence-electron chi connectivity index (χ1n) is 5.59. The van der Waals surface area contributed by atoms with Crippen LogP contribution in [0.2, 0.25) is 0 Å². The maximum atomic E-state index is 12.1. The molecule has 0 radical (unpaired) electrons. The van der Waals surface area contributed by atoms with Gasteiger partial charge in [0, 0.05) is 5.69 Å². The number of hydrogen-bond acceptors (Lipinski definition) is 4. The summed E-state index contributed by atoms with van der Waals surface area (Å²) in [6, 6.07) is 15.5. The van der Waals surface area contributed by atoms with E-state index in [9.17, 15) is 8.42 Å². The second-order valence-electron chi connectivity index (χ2n) is 3.92. The van der Waals surface area contributed by atoms with Crippen molar-refractivity contribution in [1.82, 2.24) is 4.98 Å². The highest BCUT2D eigenvalue weighted by Gasteiger charge is 2.21. The first-order valence-corrected chi connectivity index (χ1v) is 7.07. The maximum absolute atomic E-state index is 12.1. The Morgan fingerprint density at radius 1 is 0.947 bits per heavy atom. The number of fused-ring (bicyclic) bond motifs is 1. The van der Waals surface area contributed by atoms with E-state index in [1.807, 2.05) is 0 Å².